The highest BCUT2D eigenvalue weighted by Crippen LogP contribution is 2.28. The van der Waals surface area contributed by atoms with E-state index in [0.29, 0.717) is 31.2 Å². The third kappa shape index (κ3) is 2.96. The minimum Gasteiger partial charge on any atom is -0.339 e. The Morgan fingerprint density at radius 1 is 1.43 bits per heavy atom. The number of aromatic nitrogens is 2. The molecule has 0 saturated carbocycles. The van der Waals surface area contributed by atoms with Gasteiger partial charge in [0, 0.05) is 25.9 Å². The van der Waals surface area contributed by atoms with Gasteiger partial charge in [0.1, 0.15) is 0 Å². The lowest BCUT2D eigenvalue weighted by Gasteiger charge is -2.16. The maximum atomic E-state index is 12.2. The lowest BCUT2D eigenvalue weighted by Crippen LogP contribution is -2.24. The van der Waals surface area contributed by atoms with Crippen LogP contribution >= 0.6 is 0 Å². The maximum absolute atomic E-state index is 12.2. The van der Waals surface area contributed by atoms with Gasteiger partial charge in [-0.3, -0.25) is 4.79 Å². The number of aryl methyl sites for hydroxylation is 2. The number of nitrogens with zero attached hydrogens (tertiary/aromatic N) is 3. The maximum Gasteiger partial charge on any atom is 0.232 e. The van der Waals surface area contributed by atoms with E-state index in [1.54, 1.807) is 0 Å². The first-order chi connectivity index (χ1) is 10.2. The van der Waals surface area contributed by atoms with Crippen LogP contribution in [0, 0.1) is 6.92 Å². The summed E-state index contributed by atoms with van der Waals surface area (Å²) in [5.41, 5.74) is 2.36. The Hall–Kier alpha value is -2.17. The van der Waals surface area contributed by atoms with E-state index in [4.69, 9.17) is 4.52 Å². The summed E-state index contributed by atoms with van der Waals surface area (Å²) in [7, 11) is 0. The van der Waals surface area contributed by atoms with Crippen molar-refractivity contribution in [2.45, 2.75) is 39.2 Å². The standard InChI is InChI=1S/C16H19N3O2/c1-3-14-17-16(21-18-14)13-8-15(20)19(10-13)9-12-6-4-5-11(2)7-12/h4-7,13H,3,8-10H2,1-2H3. The number of carbonyl (C=O) groups is 1. The van der Waals surface area contributed by atoms with E-state index in [1.165, 1.54) is 5.56 Å². The van der Waals surface area contributed by atoms with Gasteiger partial charge in [0.05, 0.1) is 5.92 Å². The van der Waals surface area contributed by atoms with Crippen molar-refractivity contribution in [3.05, 3.63) is 47.1 Å². The van der Waals surface area contributed by atoms with Gasteiger partial charge in [-0.2, -0.15) is 4.98 Å². The predicted octanol–water partition coefficient (Wildman–Crippen LogP) is 2.46. The number of hydrogen-bond acceptors (Lipinski definition) is 4. The van der Waals surface area contributed by atoms with Gasteiger partial charge in [0.2, 0.25) is 11.8 Å². The molecule has 2 aromatic rings. The summed E-state index contributed by atoms with van der Waals surface area (Å²) < 4.78 is 5.27. The number of benzene rings is 1. The predicted molar refractivity (Wildman–Crippen MR) is 77.6 cm³/mol. The first-order valence-electron chi connectivity index (χ1n) is 7.31. The molecule has 110 valence electrons. The molecule has 21 heavy (non-hydrogen) atoms. The molecule has 1 fully saturated rings. The van der Waals surface area contributed by atoms with Crippen molar-refractivity contribution in [2.24, 2.45) is 0 Å². The average molecular weight is 285 g/mol. The molecule has 2 heterocycles. The molecule has 1 atom stereocenters. The van der Waals surface area contributed by atoms with Gasteiger partial charge in [-0.25, -0.2) is 0 Å². The van der Waals surface area contributed by atoms with Crippen molar-refractivity contribution < 1.29 is 9.32 Å². The van der Waals surface area contributed by atoms with E-state index in [0.717, 1.165) is 12.0 Å². The molecule has 1 aliphatic rings. The van der Waals surface area contributed by atoms with Crippen LogP contribution in [0.25, 0.3) is 0 Å². The summed E-state index contributed by atoms with van der Waals surface area (Å²) in [6.07, 6.45) is 1.20. The molecule has 1 amide bonds. The Labute approximate surface area is 124 Å². The molecular weight excluding hydrogens is 266 g/mol. The van der Waals surface area contributed by atoms with E-state index < -0.39 is 0 Å². The van der Waals surface area contributed by atoms with Gasteiger partial charge >= 0.3 is 0 Å². The molecule has 1 saturated heterocycles. The Morgan fingerprint density at radius 2 is 2.29 bits per heavy atom. The molecular formula is C16H19N3O2. The smallest absolute Gasteiger partial charge is 0.232 e. The number of rotatable bonds is 4. The molecule has 0 bridgehead atoms. The van der Waals surface area contributed by atoms with Gasteiger partial charge in [0.25, 0.3) is 0 Å². The van der Waals surface area contributed by atoms with Crippen LogP contribution in [0.2, 0.25) is 0 Å². The summed E-state index contributed by atoms with van der Waals surface area (Å²) in [4.78, 5) is 18.4. The quantitative estimate of drug-likeness (QED) is 0.865. The molecule has 3 rings (SSSR count). The van der Waals surface area contributed by atoms with Crippen LogP contribution < -0.4 is 0 Å². The third-order valence-corrected chi connectivity index (χ3v) is 3.82. The fourth-order valence-electron chi connectivity index (χ4n) is 2.70. The molecule has 1 aliphatic heterocycles. The number of hydrogen-bond donors (Lipinski definition) is 0. The highest BCUT2D eigenvalue weighted by molar-refractivity contribution is 5.79. The largest absolute Gasteiger partial charge is 0.339 e. The van der Waals surface area contributed by atoms with Crippen LogP contribution in [0.4, 0.5) is 0 Å². The molecule has 1 aromatic carbocycles. The monoisotopic (exact) mass is 285 g/mol. The lowest BCUT2D eigenvalue weighted by atomic mass is 10.1. The summed E-state index contributed by atoms with van der Waals surface area (Å²) in [5.74, 6) is 1.47. The Bertz CT molecular complexity index is 650. The number of amides is 1. The van der Waals surface area contributed by atoms with Crippen molar-refractivity contribution in [2.75, 3.05) is 6.54 Å². The SMILES string of the molecule is CCc1noc(C2CC(=O)N(Cc3cccc(C)c3)C2)n1. The van der Waals surface area contributed by atoms with Crippen LogP contribution in [0.15, 0.2) is 28.8 Å². The van der Waals surface area contributed by atoms with Gasteiger partial charge in [-0.05, 0) is 12.5 Å². The second-order valence-electron chi connectivity index (χ2n) is 5.57. The summed E-state index contributed by atoms with van der Waals surface area (Å²) in [6.45, 7) is 5.34. The van der Waals surface area contributed by atoms with Crippen molar-refractivity contribution in [3.63, 3.8) is 0 Å². The fraction of sp³-hybridized carbons (Fsp3) is 0.438. The van der Waals surface area contributed by atoms with Gasteiger partial charge in [-0.1, -0.05) is 41.9 Å². The Morgan fingerprint density at radius 3 is 3.00 bits per heavy atom. The highest BCUT2D eigenvalue weighted by Gasteiger charge is 2.34. The van der Waals surface area contributed by atoms with Gasteiger partial charge in [0.15, 0.2) is 5.82 Å². The second-order valence-corrected chi connectivity index (χ2v) is 5.57. The van der Waals surface area contributed by atoms with E-state index in [-0.39, 0.29) is 11.8 Å². The van der Waals surface area contributed by atoms with Crippen LogP contribution in [-0.2, 0) is 17.8 Å². The fourth-order valence-corrected chi connectivity index (χ4v) is 2.70. The molecule has 5 heteroatoms. The molecule has 1 aromatic heterocycles. The van der Waals surface area contributed by atoms with Crippen molar-refractivity contribution >= 4 is 5.91 Å². The first-order valence-corrected chi connectivity index (χ1v) is 7.31. The zero-order valence-corrected chi connectivity index (χ0v) is 12.4. The molecule has 0 N–H and O–H groups in total. The summed E-state index contributed by atoms with van der Waals surface area (Å²) in [5, 5.41) is 3.91. The van der Waals surface area contributed by atoms with E-state index in [2.05, 4.69) is 35.3 Å². The zero-order valence-electron chi connectivity index (χ0n) is 12.4. The minimum absolute atomic E-state index is 0.0232. The second kappa shape index (κ2) is 5.68. The van der Waals surface area contributed by atoms with Crippen molar-refractivity contribution in [3.8, 4) is 0 Å². The zero-order chi connectivity index (χ0) is 14.8. The lowest BCUT2D eigenvalue weighted by molar-refractivity contribution is -0.128. The van der Waals surface area contributed by atoms with Crippen molar-refractivity contribution in [1.82, 2.24) is 15.0 Å². The number of likely N-dealkylation sites (tertiary alicyclic amines) is 1. The minimum atomic E-state index is 0.0232. The van der Waals surface area contributed by atoms with Gasteiger partial charge < -0.3 is 9.42 Å². The average Bonchev–Trinajstić information content (AvgIpc) is 3.06. The van der Waals surface area contributed by atoms with E-state index in [9.17, 15) is 4.79 Å². The Balaban J connectivity index is 1.70. The van der Waals surface area contributed by atoms with Crippen molar-refractivity contribution in [1.29, 1.82) is 0 Å². The number of carbonyl (C=O) groups excluding carboxylic acids is 1. The van der Waals surface area contributed by atoms with Crippen LogP contribution in [-0.4, -0.2) is 27.5 Å². The van der Waals surface area contributed by atoms with E-state index >= 15 is 0 Å². The first kappa shape index (κ1) is 13.8. The van der Waals surface area contributed by atoms with Crippen LogP contribution in [0.1, 0.15) is 42.1 Å². The normalized spacial score (nSPS) is 18.5. The molecule has 5 nitrogen and oxygen atoms in total. The van der Waals surface area contributed by atoms with Crippen LogP contribution in [0.5, 0.6) is 0 Å². The molecule has 0 spiro atoms. The summed E-state index contributed by atoms with van der Waals surface area (Å²) >= 11 is 0. The Kier molecular flexibility index (Phi) is 3.73. The topological polar surface area (TPSA) is 59.2 Å². The third-order valence-electron chi connectivity index (χ3n) is 3.82. The molecule has 1 unspecified atom stereocenters. The molecule has 0 aliphatic carbocycles. The van der Waals surface area contributed by atoms with E-state index in [1.807, 2.05) is 17.9 Å². The molecule has 0 radical (unpaired) electrons. The van der Waals surface area contributed by atoms with Gasteiger partial charge in [-0.15, -0.1) is 0 Å². The highest BCUT2D eigenvalue weighted by atomic mass is 16.5. The summed E-state index contributed by atoms with van der Waals surface area (Å²) in [6, 6.07) is 8.25. The van der Waals surface area contributed by atoms with Crippen LogP contribution in [0.3, 0.4) is 0 Å².